The maximum atomic E-state index is 10.9. The summed E-state index contributed by atoms with van der Waals surface area (Å²) in [6, 6.07) is 6.20. The van der Waals surface area contributed by atoms with E-state index in [0.29, 0.717) is 5.56 Å². The second kappa shape index (κ2) is 5.53. The van der Waals surface area contributed by atoms with Gasteiger partial charge in [-0.1, -0.05) is 13.0 Å². The fourth-order valence-electron chi connectivity index (χ4n) is 2.34. The van der Waals surface area contributed by atoms with Crippen LogP contribution in [0.1, 0.15) is 47.7 Å². The molecule has 0 amide bonds. The minimum atomic E-state index is -0.850. The summed E-state index contributed by atoms with van der Waals surface area (Å²) in [4.78, 5) is 13.4. The molecule has 0 saturated heterocycles. The van der Waals surface area contributed by atoms with Crippen LogP contribution in [0.4, 0.5) is 0 Å². The normalized spacial score (nSPS) is 15.1. The number of hydrogen-bond acceptors (Lipinski definition) is 2. The molecule has 1 N–H and O–H groups in total. The molecule has 1 saturated carbocycles. The van der Waals surface area contributed by atoms with E-state index in [4.69, 9.17) is 5.11 Å². The van der Waals surface area contributed by atoms with Crippen molar-refractivity contribution in [3.8, 4) is 0 Å². The van der Waals surface area contributed by atoms with E-state index in [1.165, 1.54) is 24.8 Å². The molecule has 2 rings (SSSR count). The van der Waals surface area contributed by atoms with E-state index >= 15 is 0 Å². The monoisotopic (exact) mass is 247 g/mol. The molecule has 0 radical (unpaired) electrons. The third-order valence-corrected chi connectivity index (χ3v) is 3.54. The van der Waals surface area contributed by atoms with Crippen molar-refractivity contribution in [1.29, 1.82) is 0 Å². The number of aryl methyl sites for hydroxylation is 1. The lowest BCUT2D eigenvalue weighted by atomic mass is 10.0. The zero-order chi connectivity index (χ0) is 13.1. The molecule has 18 heavy (non-hydrogen) atoms. The molecule has 1 aromatic carbocycles. The van der Waals surface area contributed by atoms with Crippen LogP contribution in [0.2, 0.25) is 0 Å². The van der Waals surface area contributed by atoms with E-state index in [9.17, 15) is 4.79 Å². The van der Waals surface area contributed by atoms with Gasteiger partial charge in [-0.3, -0.25) is 4.90 Å². The van der Waals surface area contributed by atoms with Gasteiger partial charge in [0, 0.05) is 12.6 Å². The lowest BCUT2D eigenvalue weighted by Crippen LogP contribution is -2.26. The lowest BCUT2D eigenvalue weighted by Gasteiger charge is -2.22. The quantitative estimate of drug-likeness (QED) is 0.840. The maximum absolute atomic E-state index is 10.9. The van der Waals surface area contributed by atoms with Gasteiger partial charge in [0.05, 0.1) is 5.56 Å². The summed E-state index contributed by atoms with van der Waals surface area (Å²) in [5.41, 5.74) is 2.71. The predicted octanol–water partition coefficient (Wildman–Crippen LogP) is 3.07. The fraction of sp³-hybridized carbons (Fsp3) is 0.533. The summed E-state index contributed by atoms with van der Waals surface area (Å²) in [5.74, 6) is -0.850. The molecular formula is C15H21NO2. The summed E-state index contributed by atoms with van der Waals surface area (Å²) < 4.78 is 0. The molecule has 0 heterocycles. The summed E-state index contributed by atoms with van der Waals surface area (Å²) >= 11 is 0. The minimum Gasteiger partial charge on any atom is -0.478 e. The third kappa shape index (κ3) is 3.10. The maximum Gasteiger partial charge on any atom is 0.335 e. The number of rotatable bonds is 6. The van der Waals surface area contributed by atoms with Crippen LogP contribution >= 0.6 is 0 Å². The zero-order valence-electron chi connectivity index (χ0n) is 11.1. The average molecular weight is 247 g/mol. The molecule has 3 nitrogen and oxygen atoms in total. The van der Waals surface area contributed by atoms with Crippen molar-refractivity contribution in [3.63, 3.8) is 0 Å². The van der Waals surface area contributed by atoms with Crippen LogP contribution in [0.3, 0.4) is 0 Å². The van der Waals surface area contributed by atoms with Gasteiger partial charge >= 0.3 is 5.97 Å². The SMILES string of the molecule is CCCN(Cc1ccc(C(=O)O)cc1C)C1CC1. The van der Waals surface area contributed by atoms with Gasteiger partial charge in [-0.25, -0.2) is 4.79 Å². The van der Waals surface area contributed by atoms with Gasteiger partial charge in [0.1, 0.15) is 0 Å². The Morgan fingerprint density at radius 1 is 1.44 bits per heavy atom. The first-order chi connectivity index (χ1) is 8.61. The van der Waals surface area contributed by atoms with Crippen LogP contribution in [0.25, 0.3) is 0 Å². The number of carboxylic acids is 1. The van der Waals surface area contributed by atoms with Crippen molar-refractivity contribution < 1.29 is 9.90 Å². The van der Waals surface area contributed by atoms with Crippen molar-refractivity contribution in [2.75, 3.05) is 6.54 Å². The minimum absolute atomic E-state index is 0.379. The van der Waals surface area contributed by atoms with E-state index < -0.39 is 5.97 Å². The molecule has 0 unspecified atom stereocenters. The van der Waals surface area contributed by atoms with Crippen LogP contribution in [-0.4, -0.2) is 28.6 Å². The second-order valence-corrected chi connectivity index (χ2v) is 5.15. The second-order valence-electron chi connectivity index (χ2n) is 5.15. The van der Waals surface area contributed by atoms with Gasteiger partial charge in [-0.05, 0) is 56.0 Å². The third-order valence-electron chi connectivity index (χ3n) is 3.54. The van der Waals surface area contributed by atoms with Crippen LogP contribution in [0, 0.1) is 6.92 Å². The van der Waals surface area contributed by atoms with Crippen molar-refractivity contribution >= 4 is 5.97 Å². The molecule has 1 aromatic rings. The number of hydrogen-bond donors (Lipinski definition) is 1. The standard InChI is InChI=1S/C15H21NO2/c1-3-8-16(14-6-7-14)10-13-5-4-12(15(17)18)9-11(13)2/h4-5,9,14H,3,6-8,10H2,1-2H3,(H,17,18). The molecule has 0 atom stereocenters. The molecule has 0 bridgehead atoms. The molecular weight excluding hydrogens is 226 g/mol. The number of carboxylic acid groups (broad SMARTS) is 1. The summed E-state index contributed by atoms with van der Waals surface area (Å²) in [6.45, 7) is 6.28. The number of nitrogens with zero attached hydrogens (tertiary/aromatic N) is 1. The van der Waals surface area contributed by atoms with Gasteiger partial charge in [-0.2, -0.15) is 0 Å². The highest BCUT2D eigenvalue weighted by molar-refractivity contribution is 5.87. The van der Waals surface area contributed by atoms with E-state index in [2.05, 4.69) is 11.8 Å². The van der Waals surface area contributed by atoms with Gasteiger partial charge in [0.2, 0.25) is 0 Å². The van der Waals surface area contributed by atoms with E-state index in [0.717, 1.165) is 24.7 Å². The largest absolute Gasteiger partial charge is 0.478 e. The Morgan fingerprint density at radius 2 is 2.17 bits per heavy atom. The Morgan fingerprint density at radius 3 is 2.67 bits per heavy atom. The first kappa shape index (κ1) is 13.1. The summed E-state index contributed by atoms with van der Waals surface area (Å²) in [5, 5.41) is 8.95. The van der Waals surface area contributed by atoms with E-state index in [1.807, 2.05) is 13.0 Å². The first-order valence-corrected chi connectivity index (χ1v) is 6.68. The Kier molecular flexibility index (Phi) is 4.02. The van der Waals surface area contributed by atoms with E-state index in [1.54, 1.807) is 12.1 Å². The van der Waals surface area contributed by atoms with Crippen LogP contribution in [0.5, 0.6) is 0 Å². The van der Waals surface area contributed by atoms with Crippen LogP contribution < -0.4 is 0 Å². The zero-order valence-corrected chi connectivity index (χ0v) is 11.1. The topological polar surface area (TPSA) is 40.5 Å². The number of carbonyl (C=O) groups is 1. The average Bonchev–Trinajstić information content (AvgIpc) is 3.14. The van der Waals surface area contributed by atoms with Crippen molar-refractivity contribution in [2.45, 2.75) is 45.7 Å². The molecule has 1 aliphatic carbocycles. The van der Waals surface area contributed by atoms with Gasteiger partial charge in [0.25, 0.3) is 0 Å². The fourth-order valence-corrected chi connectivity index (χ4v) is 2.34. The molecule has 3 heteroatoms. The lowest BCUT2D eigenvalue weighted by molar-refractivity contribution is 0.0696. The predicted molar refractivity (Wildman–Crippen MR) is 71.9 cm³/mol. The molecule has 1 fully saturated rings. The van der Waals surface area contributed by atoms with Gasteiger partial charge in [-0.15, -0.1) is 0 Å². The number of aromatic carboxylic acids is 1. The van der Waals surface area contributed by atoms with Crippen LogP contribution in [0.15, 0.2) is 18.2 Å². The summed E-state index contributed by atoms with van der Waals surface area (Å²) in [7, 11) is 0. The highest BCUT2D eigenvalue weighted by Crippen LogP contribution is 2.29. The van der Waals surface area contributed by atoms with Crippen LogP contribution in [-0.2, 0) is 6.54 Å². The Balaban J connectivity index is 2.10. The first-order valence-electron chi connectivity index (χ1n) is 6.68. The summed E-state index contributed by atoms with van der Waals surface area (Å²) in [6.07, 6.45) is 3.79. The molecule has 0 aliphatic heterocycles. The molecule has 98 valence electrons. The molecule has 0 spiro atoms. The Labute approximate surface area is 108 Å². The molecule has 0 aromatic heterocycles. The Hall–Kier alpha value is -1.35. The smallest absolute Gasteiger partial charge is 0.335 e. The highest BCUT2D eigenvalue weighted by Gasteiger charge is 2.28. The van der Waals surface area contributed by atoms with Crippen molar-refractivity contribution in [1.82, 2.24) is 4.90 Å². The van der Waals surface area contributed by atoms with Crippen molar-refractivity contribution in [2.24, 2.45) is 0 Å². The van der Waals surface area contributed by atoms with Gasteiger partial charge < -0.3 is 5.11 Å². The van der Waals surface area contributed by atoms with Crippen molar-refractivity contribution in [3.05, 3.63) is 34.9 Å². The Bertz CT molecular complexity index is 438. The number of benzene rings is 1. The highest BCUT2D eigenvalue weighted by atomic mass is 16.4. The van der Waals surface area contributed by atoms with E-state index in [-0.39, 0.29) is 0 Å². The molecule has 1 aliphatic rings. The van der Waals surface area contributed by atoms with Gasteiger partial charge in [0.15, 0.2) is 0 Å².